The number of guanidine groups is 1. The van der Waals surface area contributed by atoms with Crippen LogP contribution in [0.2, 0.25) is 0 Å². The summed E-state index contributed by atoms with van der Waals surface area (Å²) in [5.41, 5.74) is 2.72. The van der Waals surface area contributed by atoms with Crippen molar-refractivity contribution >= 4 is 41.7 Å². The average Bonchev–Trinajstić information content (AvgIpc) is 2.98. The van der Waals surface area contributed by atoms with Crippen LogP contribution in [0.1, 0.15) is 25.0 Å². The molecule has 1 fully saturated rings. The lowest BCUT2D eigenvalue weighted by atomic mass is 10.1. The van der Waals surface area contributed by atoms with Crippen LogP contribution in [0.5, 0.6) is 5.75 Å². The maximum absolute atomic E-state index is 5.57. The molecular weight excluding hydrogens is 433 g/mol. The van der Waals surface area contributed by atoms with Crippen LogP contribution in [-0.4, -0.2) is 54.6 Å². The first-order valence-electron chi connectivity index (χ1n) is 8.41. The first kappa shape index (κ1) is 19.7. The lowest BCUT2D eigenvalue weighted by Gasteiger charge is -2.39. The van der Waals surface area contributed by atoms with Crippen molar-refractivity contribution in [3.63, 3.8) is 0 Å². The summed E-state index contributed by atoms with van der Waals surface area (Å²) in [5.74, 6) is 3.26. The number of hydrogen-bond donors (Lipinski definition) is 1. The van der Waals surface area contributed by atoms with E-state index in [1.807, 2.05) is 18.8 Å². The van der Waals surface area contributed by atoms with Gasteiger partial charge in [0.2, 0.25) is 0 Å². The molecule has 0 saturated carbocycles. The number of ether oxygens (including phenoxy) is 1. The zero-order chi connectivity index (χ0) is 16.3. The Bertz CT molecular complexity index is 592. The van der Waals surface area contributed by atoms with Crippen LogP contribution in [0.3, 0.4) is 0 Å². The predicted octanol–water partition coefficient (Wildman–Crippen LogP) is 3.18. The van der Waals surface area contributed by atoms with E-state index in [1.54, 1.807) is 0 Å². The largest absolute Gasteiger partial charge is 0.493 e. The first-order chi connectivity index (χ1) is 11.1. The number of halogens is 1. The van der Waals surface area contributed by atoms with Crippen molar-refractivity contribution in [1.29, 1.82) is 0 Å². The molecule has 0 amide bonds. The fraction of sp³-hybridized carbons (Fsp3) is 0.611. The van der Waals surface area contributed by atoms with E-state index in [1.165, 1.54) is 16.9 Å². The molecule has 2 aliphatic heterocycles. The fourth-order valence-electron chi connectivity index (χ4n) is 3.24. The standard InChI is InChI=1S/C18H27N3OS.HI/c1-18(2)13-21(9-11-23-18)17(19-3)20-8-6-14-4-5-16-15(12-14)7-10-22-16;/h4-5,12H,6-11,13H2,1-3H3,(H,19,20);1H. The van der Waals surface area contributed by atoms with Crippen LogP contribution in [0.15, 0.2) is 23.2 Å². The quantitative estimate of drug-likeness (QED) is 0.426. The van der Waals surface area contributed by atoms with Crippen LogP contribution >= 0.6 is 35.7 Å². The van der Waals surface area contributed by atoms with Gasteiger partial charge in [0.1, 0.15) is 5.75 Å². The van der Waals surface area contributed by atoms with Gasteiger partial charge >= 0.3 is 0 Å². The van der Waals surface area contributed by atoms with E-state index in [4.69, 9.17) is 4.74 Å². The fourth-order valence-corrected chi connectivity index (χ4v) is 4.35. The van der Waals surface area contributed by atoms with E-state index >= 15 is 0 Å². The van der Waals surface area contributed by atoms with E-state index in [0.29, 0.717) is 4.75 Å². The Kier molecular flexibility index (Phi) is 7.10. The normalized spacial score (nSPS) is 19.3. The molecule has 134 valence electrons. The van der Waals surface area contributed by atoms with Gasteiger partial charge in [-0.1, -0.05) is 12.1 Å². The van der Waals surface area contributed by atoms with Crippen LogP contribution < -0.4 is 10.1 Å². The third-order valence-corrected chi connectivity index (χ3v) is 5.68. The Hall–Kier alpha value is -0.630. The number of benzene rings is 1. The Labute approximate surface area is 166 Å². The minimum absolute atomic E-state index is 0. The third-order valence-electron chi connectivity index (χ3n) is 4.39. The van der Waals surface area contributed by atoms with Gasteiger partial charge in [0, 0.05) is 43.6 Å². The molecule has 0 aliphatic carbocycles. The first-order valence-corrected chi connectivity index (χ1v) is 9.40. The van der Waals surface area contributed by atoms with Crippen molar-refractivity contribution < 1.29 is 4.74 Å². The minimum atomic E-state index is 0. The van der Waals surface area contributed by atoms with Gasteiger partial charge in [0.05, 0.1) is 6.61 Å². The van der Waals surface area contributed by atoms with E-state index in [-0.39, 0.29) is 24.0 Å². The van der Waals surface area contributed by atoms with Crippen molar-refractivity contribution in [3.8, 4) is 5.75 Å². The molecular formula is C18H28IN3OS. The number of fused-ring (bicyclic) bond motifs is 1. The molecule has 0 radical (unpaired) electrons. The molecule has 1 aromatic rings. The van der Waals surface area contributed by atoms with Gasteiger partial charge in [-0.3, -0.25) is 4.99 Å². The molecule has 2 aliphatic rings. The number of nitrogens with one attached hydrogen (secondary N) is 1. The lowest BCUT2D eigenvalue weighted by Crippen LogP contribution is -2.51. The molecule has 0 aromatic heterocycles. The number of aliphatic imine (C=N–C) groups is 1. The molecule has 0 spiro atoms. The monoisotopic (exact) mass is 461 g/mol. The van der Waals surface area contributed by atoms with Crippen molar-refractivity contribution in [2.75, 3.05) is 39.0 Å². The second-order valence-corrected chi connectivity index (χ2v) is 8.60. The second-order valence-electron chi connectivity index (χ2n) is 6.79. The van der Waals surface area contributed by atoms with Gasteiger partial charge in [-0.25, -0.2) is 0 Å². The summed E-state index contributed by atoms with van der Waals surface area (Å²) in [6, 6.07) is 6.57. The number of nitrogens with zero attached hydrogens (tertiary/aromatic N) is 2. The van der Waals surface area contributed by atoms with Gasteiger partial charge in [-0.15, -0.1) is 24.0 Å². The minimum Gasteiger partial charge on any atom is -0.493 e. The molecule has 1 aromatic carbocycles. The summed E-state index contributed by atoms with van der Waals surface area (Å²) in [7, 11) is 1.88. The number of thioether (sulfide) groups is 1. The third kappa shape index (κ3) is 4.94. The number of hydrogen-bond acceptors (Lipinski definition) is 3. The van der Waals surface area contributed by atoms with Gasteiger partial charge in [0.15, 0.2) is 5.96 Å². The molecule has 1 saturated heterocycles. The van der Waals surface area contributed by atoms with Crippen molar-refractivity contribution in [3.05, 3.63) is 29.3 Å². The van der Waals surface area contributed by atoms with Gasteiger partial charge in [-0.2, -0.15) is 11.8 Å². The predicted molar refractivity (Wildman–Crippen MR) is 114 cm³/mol. The topological polar surface area (TPSA) is 36.9 Å². The summed E-state index contributed by atoms with van der Waals surface area (Å²) in [4.78, 5) is 6.85. The Morgan fingerprint density at radius 2 is 2.25 bits per heavy atom. The van der Waals surface area contributed by atoms with E-state index in [2.05, 4.69) is 47.3 Å². The second kappa shape index (κ2) is 8.65. The molecule has 24 heavy (non-hydrogen) atoms. The molecule has 0 unspecified atom stereocenters. The Morgan fingerprint density at radius 1 is 1.42 bits per heavy atom. The highest BCUT2D eigenvalue weighted by Gasteiger charge is 2.28. The highest BCUT2D eigenvalue weighted by atomic mass is 127. The molecule has 0 atom stereocenters. The highest BCUT2D eigenvalue weighted by molar-refractivity contribution is 14.0. The zero-order valence-electron chi connectivity index (χ0n) is 14.8. The molecule has 4 nitrogen and oxygen atoms in total. The van der Waals surface area contributed by atoms with Crippen molar-refractivity contribution in [2.45, 2.75) is 31.4 Å². The lowest BCUT2D eigenvalue weighted by molar-refractivity contribution is 0.357. The summed E-state index contributed by atoms with van der Waals surface area (Å²) in [6.45, 7) is 8.48. The average molecular weight is 461 g/mol. The molecule has 1 N–H and O–H groups in total. The summed E-state index contributed by atoms with van der Waals surface area (Å²) >= 11 is 2.05. The Balaban J connectivity index is 0.00000208. The zero-order valence-corrected chi connectivity index (χ0v) is 17.9. The van der Waals surface area contributed by atoms with Crippen LogP contribution in [0.25, 0.3) is 0 Å². The van der Waals surface area contributed by atoms with Crippen LogP contribution in [0, 0.1) is 0 Å². The van der Waals surface area contributed by atoms with Crippen LogP contribution in [-0.2, 0) is 12.8 Å². The van der Waals surface area contributed by atoms with Gasteiger partial charge in [0.25, 0.3) is 0 Å². The van der Waals surface area contributed by atoms with E-state index in [0.717, 1.165) is 50.8 Å². The maximum atomic E-state index is 5.57. The van der Waals surface area contributed by atoms with Crippen LogP contribution in [0.4, 0.5) is 0 Å². The summed E-state index contributed by atoms with van der Waals surface area (Å²) in [6.07, 6.45) is 2.05. The van der Waals surface area contributed by atoms with Crippen molar-refractivity contribution in [1.82, 2.24) is 10.2 Å². The Morgan fingerprint density at radius 3 is 3.00 bits per heavy atom. The van der Waals surface area contributed by atoms with E-state index in [9.17, 15) is 0 Å². The maximum Gasteiger partial charge on any atom is 0.193 e. The van der Waals surface area contributed by atoms with Gasteiger partial charge < -0.3 is 15.0 Å². The summed E-state index contributed by atoms with van der Waals surface area (Å²) < 4.78 is 5.87. The molecule has 3 rings (SSSR count). The number of rotatable bonds is 3. The molecule has 0 bridgehead atoms. The molecule has 2 heterocycles. The molecule has 6 heteroatoms. The highest BCUT2D eigenvalue weighted by Crippen LogP contribution is 2.29. The van der Waals surface area contributed by atoms with Crippen molar-refractivity contribution in [2.24, 2.45) is 4.99 Å². The SMILES string of the molecule is CN=C(NCCc1ccc2c(c1)CCO2)N1CCSC(C)(C)C1.I. The smallest absolute Gasteiger partial charge is 0.193 e. The summed E-state index contributed by atoms with van der Waals surface area (Å²) in [5, 5.41) is 3.53. The van der Waals surface area contributed by atoms with Gasteiger partial charge in [-0.05, 0) is 37.5 Å². The van der Waals surface area contributed by atoms with E-state index < -0.39 is 0 Å².